The largest absolute Gasteiger partial charge is 0.287 e. The number of nitrogens with zero attached hydrogens (tertiary/aromatic N) is 1. The number of rotatable bonds is 3. The molecule has 0 aliphatic rings. The van der Waals surface area contributed by atoms with Crippen molar-refractivity contribution in [3.05, 3.63) is 45.8 Å². The predicted octanol–water partition coefficient (Wildman–Crippen LogP) is 1.29. The van der Waals surface area contributed by atoms with E-state index in [-0.39, 0.29) is 5.56 Å². The lowest BCUT2D eigenvalue weighted by Gasteiger charge is -1.95. The van der Waals surface area contributed by atoms with Crippen LogP contribution in [0.15, 0.2) is 24.3 Å². The molecule has 0 saturated carbocycles. The Balaban J connectivity index is 2.83. The molecule has 0 heterocycles. The van der Waals surface area contributed by atoms with Crippen LogP contribution in [0.4, 0.5) is 4.39 Å². The fourth-order valence-electron chi connectivity index (χ4n) is 0.870. The Morgan fingerprint density at radius 1 is 1.54 bits per heavy atom. The number of ketones is 1. The number of halogens is 1. The summed E-state index contributed by atoms with van der Waals surface area (Å²) in [5.74, 6) is -1.27. The SMILES string of the molecule is O=C(C[N+](=O)[O-])c1cccc(F)c1. The summed E-state index contributed by atoms with van der Waals surface area (Å²) in [6.45, 7) is -0.802. The predicted molar refractivity (Wildman–Crippen MR) is 42.6 cm³/mol. The summed E-state index contributed by atoms with van der Waals surface area (Å²) in [5, 5.41) is 9.96. The van der Waals surface area contributed by atoms with E-state index in [2.05, 4.69) is 0 Å². The summed E-state index contributed by atoms with van der Waals surface area (Å²) in [6.07, 6.45) is 0. The Hall–Kier alpha value is -1.78. The van der Waals surface area contributed by atoms with Crippen LogP contribution in [0, 0.1) is 15.9 Å². The Morgan fingerprint density at radius 3 is 2.77 bits per heavy atom. The first-order chi connectivity index (χ1) is 6.09. The van der Waals surface area contributed by atoms with Crippen molar-refractivity contribution in [2.45, 2.75) is 0 Å². The van der Waals surface area contributed by atoms with E-state index in [0.717, 1.165) is 6.07 Å². The highest BCUT2D eigenvalue weighted by atomic mass is 19.1. The Labute approximate surface area is 73.1 Å². The van der Waals surface area contributed by atoms with Gasteiger partial charge >= 0.3 is 0 Å². The Kier molecular flexibility index (Phi) is 2.69. The molecular weight excluding hydrogens is 177 g/mol. The Morgan fingerprint density at radius 2 is 2.23 bits per heavy atom. The minimum absolute atomic E-state index is 0.0247. The Bertz CT molecular complexity index is 351. The molecule has 1 aromatic carbocycles. The van der Waals surface area contributed by atoms with Gasteiger partial charge in [0.25, 0.3) is 6.54 Å². The van der Waals surface area contributed by atoms with Gasteiger partial charge in [-0.1, -0.05) is 12.1 Å². The highest BCUT2D eigenvalue weighted by Gasteiger charge is 2.12. The first-order valence-electron chi connectivity index (χ1n) is 3.50. The first kappa shape index (κ1) is 9.31. The van der Waals surface area contributed by atoms with Crippen molar-refractivity contribution >= 4 is 5.78 Å². The van der Waals surface area contributed by atoms with Gasteiger partial charge in [-0.3, -0.25) is 14.9 Å². The average molecular weight is 183 g/mol. The van der Waals surface area contributed by atoms with Gasteiger partial charge in [0, 0.05) is 10.5 Å². The smallest absolute Gasteiger partial charge is 0.265 e. The second-order valence-electron chi connectivity index (χ2n) is 2.42. The van der Waals surface area contributed by atoms with Crippen molar-refractivity contribution in [3.8, 4) is 0 Å². The number of hydrogen-bond acceptors (Lipinski definition) is 3. The molecule has 1 rings (SSSR count). The summed E-state index contributed by atoms with van der Waals surface area (Å²) in [7, 11) is 0. The summed E-state index contributed by atoms with van der Waals surface area (Å²) in [6, 6.07) is 4.83. The van der Waals surface area contributed by atoms with Crippen LogP contribution in [0.3, 0.4) is 0 Å². The van der Waals surface area contributed by atoms with E-state index in [1.165, 1.54) is 18.2 Å². The molecule has 5 heteroatoms. The van der Waals surface area contributed by atoms with E-state index in [4.69, 9.17) is 0 Å². The van der Waals surface area contributed by atoms with E-state index >= 15 is 0 Å². The molecule has 0 aromatic heterocycles. The molecule has 0 radical (unpaired) electrons. The minimum atomic E-state index is -0.802. The average Bonchev–Trinajstić information content (AvgIpc) is 2.03. The van der Waals surface area contributed by atoms with Crippen molar-refractivity contribution in [3.63, 3.8) is 0 Å². The molecule has 13 heavy (non-hydrogen) atoms. The second kappa shape index (κ2) is 3.75. The maximum atomic E-state index is 12.5. The molecule has 0 atom stereocenters. The zero-order valence-electron chi connectivity index (χ0n) is 6.57. The molecule has 0 aliphatic heterocycles. The monoisotopic (exact) mass is 183 g/mol. The van der Waals surface area contributed by atoms with Crippen LogP contribution in [-0.4, -0.2) is 17.3 Å². The van der Waals surface area contributed by atoms with E-state index in [1.807, 2.05) is 0 Å². The number of nitro groups is 1. The molecule has 68 valence electrons. The number of carbonyl (C=O) groups is 1. The maximum absolute atomic E-state index is 12.5. The second-order valence-corrected chi connectivity index (χ2v) is 2.42. The van der Waals surface area contributed by atoms with E-state index < -0.39 is 23.1 Å². The molecule has 0 fully saturated rings. The van der Waals surface area contributed by atoms with Gasteiger partial charge in [-0.05, 0) is 12.1 Å². The van der Waals surface area contributed by atoms with Crippen molar-refractivity contribution in [1.29, 1.82) is 0 Å². The molecule has 0 saturated heterocycles. The highest BCUT2D eigenvalue weighted by molar-refractivity contribution is 5.96. The normalized spacial score (nSPS) is 9.62. The molecule has 0 amide bonds. The fraction of sp³-hybridized carbons (Fsp3) is 0.125. The topological polar surface area (TPSA) is 60.2 Å². The molecular formula is C8H6FNO3. The first-order valence-corrected chi connectivity index (χ1v) is 3.50. The van der Waals surface area contributed by atoms with Gasteiger partial charge in [0.1, 0.15) is 5.82 Å². The fourth-order valence-corrected chi connectivity index (χ4v) is 0.870. The number of benzene rings is 1. The third-order valence-electron chi connectivity index (χ3n) is 1.42. The quantitative estimate of drug-likeness (QED) is 0.403. The molecule has 0 aliphatic carbocycles. The van der Waals surface area contributed by atoms with E-state index in [0.29, 0.717) is 0 Å². The lowest BCUT2D eigenvalue weighted by Crippen LogP contribution is -2.13. The molecule has 0 bridgehead atoms. The number of carbonyl (C=O) groups excluding carboxylic acids is 1. The van der Waals surface area contributed by atoms with Crippen molar-refractivity contribution in [2.75, 3.05) is 6.54 Å². The maximum Gasteiger partial charge on any atom is 0.265 e. The van der Waals surface area contributed by atoms with Crippen LogP contribution < -0.4 is 0 Å². The van der Waals surface area contributed by atoms with Gasteiger partial charge in [-0.25, -0.2) is 4.39 Å². The molecule has 1 aromatic rings. The van der Waals surface area contributed by atoms with E-state index in [9.17, 15) is 19.3 Å². The van der Waals surface area contributed by atoms with Crippen LogP contribution in [-0.2, 0) is 0 Å². The van der Waals surface area contributed by atoms with Crippen molar-refractivity contribution in [2.24, 2.45) is 0 Å². The molecule has 0 N–H and O–H groups in total. The number of hydrogen-bond donors (Lipinski definition) is 0. The van der Waals surface area contributed by atoms with Crippen LogP contribution in [0.5, 0.6) is 0 Å². The van der Waals surface area contributed by atoms with Gasteiger partial charge in [-0.2, -0.15) is 0 Å². The zero-order chi connectivity index (χ0) is 9.84. The van der Waals surface area contributed by atoms with Crippen LogP contribution in [0.2, 0.25) is 0 Å². The van der Waals surface area contributed by atoms with E-state index in [1.54, 1.807) is 0 Å². The molecule has 4 nitrogen and oxygen atoms in total. The van der Waals surface area contributed by atoms with Gasteiger partial charge in [-0.15, -0.1) is 0 Å². The highest BCUT2D eigenvalue weighted by Crippen LogP contribution is 2.04. The third kappa shape index (κ3) is 2.62. The van der Waals surface area contributed by atoms with Gasteiger partial charge in [0.05, 0.1) is 0 Å². The lowest BCUT2D eigenvalue weighted by atomic mass is 10.1. The van der Waals surface area contributed by atoms with Gasteiger partial charge in [0.2, 0.25) is 5.78 Å². The zero-order valence-corrected chi connectivity index (χ0v) is 6.57. The summed E-state index contributed by atoms with van der Waals surface area (Å²) in [5.41, 5.74) is 0.0247. The van der Waals surface area contributed by atoms with Crippen LogP contribution in [0.1, 0.15) is 10.4 Å². The molecule has 0 spiro atoms. The van der Waals surface area contributed by atoms with Crippen LogP contribution >= 0.6 is 0 Å². The number of Topliss-reactive ketones (excluding diaryl/α,β-unsaturated/α-hetero) is 1. The van der Waals surface area contributed by atoms with Gasteiger partial charge < -0.3 is 0 Å². The van der Waals surface area contributed by atoms with Crippen LogP contribution in [0.25, 0.3) is 0 Å². The summed E-state index contributed by atoms with van der Waals surface area (Å²) in [4.78, 5) is 20.2. The third-order valence-corrected chi connectivity index (χ3v) is 1.42. The van der Waals surface area contributed by atoms with Crippen molar-refractivity contribution in [1.82, 2.24) is 0 Å². The van der Waals surface area contributed by atoms with Gasteiger partial charge in [0.15, 0.2) is 0 Å². The molecule has 0 unspecified atom stereocenters. The summed E-state index contributed by atoms with van der Waals surface area (Å²) >= 11 is 0. The van der Waals surface area contributed by atoms with Crippen molar-refractivity contribution < 1.29 is 14.1 Å². The minimum Gasteiger partial charge on any atom is -0.287 e. The lowest BCUT2D eigenvalue weighted by molar-refractivity contribution is -0.465. The summed E-state index contributed by atoms with van der Waals surface area (Å²) < 4.78 is 12.5. The standard InChI is InChI=1S/C8H6FNO3/c9-7-3-1-2-6(4-7)8(11)5-10(12)13/h1-4H,5H2.